The van der Waals surface area contributed by atoms with Crippen LogP contribution in [0.4, 0.5) is 5.13 Å². The van der Waals surface area contributed by atoms with Gasteiger partial charge in [0.15, 0.2) is 5.13 Å². The van der Waals surface area contributed by atoms with E-state index in [0.717, 1.165) is 12.8 Å². The highest BCUT2D eigenvalue weighted by molar-refractivity contribution is 7.89. The molecule has 0 atom stereocenters. The van der Waals surface area contributed by atoms with E-state index in [-0.39, 0.29) is 29.7 Å². The molecule has 168 valence electrons. The molecule has 0 spiro atoms. The summed E-state index contributed by atoms with van der Waals surface area (Å²) in [4.78, 5) is 28.9. The average Bonchev–Trinajstić information content (AvgIpc) is 3.43. The number of thiazole rings is 1. The summed E-state index contributed by atoms with van der Waals surface area (Å²) in [6, 6.07) is 11.3. The fourth-order valence-corrected chi connectivity index (χ4v) is 6.04. The zero-order chi connectivity index (χ0) is 22.7. The summed E-state index contributed by atoms with van der Waals surface area (Å²) in [7, 11) is -3.51. The quantitative estimate of drug-likeness (QED) is 0.524. The molecule has 32 heavy (non-hydrogen) atoms. The highest BCUT2D eigenvalue weighted by atomic mass is 35.5. The van der Waals surface area contributed by atoms with Crippen LogP contribution in [0.25, 0.3) is 10.2 Å². The lowest BCUT2D eigenvalue weighted by Crippen LogP contribution is -2.27. The number of amides is 2. The van der Waals surface area contributed by atoms with Crippen LogP contribution in [0.15, 0.2) is 47.4 Å². The third-order valence-corrected chi connectivity index (χ3v) is 8.13. The van der Waals surface area contributed by atoms with E-state index in [1.165, 1.54) is 15.6 Å². The monoisotopic (exact) mass is 492 g/mol. The van der Waals surface area contributed by atoms with E-state index in [0.29, 0.717) is 39.0 Å². The minimum Gasteiger partial charge on any atom is -0.352 e. The van der Waals surface area contributed by atoms with Gasteiger partial charge in [0.05, 0.1) is 15.1 Å². The maximum absolute atomic E-state index is 12.8. The molecule has 2 aromatic carbocycles. The zero-order valence-corrected chi connectivity index (χ0v) is 19.4. The number of aromatic nitrogens is 1. The standard InChI is InChI=1S/C21H21ClN4O4S2/c22-15-5-3-14(4-6-15)20(28)23-10-9-19(27)25-21-24-17-8-7-16(13-18(17)31-21)32(29,30)26-11-1-2-12-26/h3-8,13H,1-2,9-12H2,(H,23,28)(H,24,25,27). The Morgan fingerprint density at radius 3 is 2.53 bits per heavy atom. The van der Waals surface area contributed by atoms with E-state index in [2.05, 4.69) is 15.6 Å². The van der Waals surface area contributed by atoms with Crippen LogP contribution in [0.1, 0.15) is 29.6 Å². The Balaban J connectivity index is 1.35. The first-order valence-electron chi connectivity index (χ1n) is 10.1. The van der Waals surface area contributed by atoms with Crippen molar-refractivity contribution in [3.05, 3.63) is 53.1 Å². The van der Waals surface area contributed by atoms with Gasteiger partial charge in [0.1, 0.15) is 0 Å². The molecule has 1 aliphatic heterocycles. The molecule has 3 aromatic rings. The van der Waals surface area contributed by atoms with Crippen LogP contribution in [0, 0.1) is 0 Å². The van der Waals surface area contributed by atoms with Crippen molar-refractivity contribution < 1.29 is 18.0 Å². The molecule has 1 aliphatic rings. The molecule has 11 heteroatoms. The van der Waals surface area contributed by atoms with Gasteiger partial charge in [0, 0.05) is 36.6 Å². The van der Waals surface area contributed by atoms with E-state index in [1.807, 2.05) is 0 Å². The number of fused-ring (bicyclic) bond motifs is 1. The van der Waals surface area contributed by atoms with Crippen molar-refractivity contribution in [2.24, 2.45) is 0 Å². The lowest BCUT2D eigenvalue weighted by Gasteiger charge is -2.15. The third-order valence-electron chi connectivity index (χ3n) is 5.05. The SMILES string of the molecule is O=C(CCNC(=O)c1ccc(Cl)cc1)Nc1nc2ccc(S(=O)(=O)N3CCCC3)cc2s1. The van der Waals surface area contributed by atoms with Crippen LogP contribution in [-0.4, -0.2) is 49.2 Å². The summed E-state index contributed by atoms with van der Waals surface area (Å²) < 4.78 is 27.7. The highest BCUT2D eigenvalue weighted by Gasteiger charge is 2.27. The smallest absolute Gasteiger partial charge is 0.251 e. The molecule has 0 bridgehead atoms. The van der Waals surface area contributed by atoms with Crippen molar-refractivity contribution in [2.45, 2.75) is 24.2 Å². The first-order valence-corrected chi connectivity index (χ1v) is 12.7. The van der Waals surface area contributed by atoms with Crippen molar-refractivity contribution >= 4 is 60.1 Å². The summed E-state index contributed by atoms with van der Waals surface area (Å²) >= 11 is 7.02. The second-order valence-corrected chi connectivity index (χ2v) is 10.7. The molecule has 2 heterocycles. The fourth-order valence-electron chi connectivity index (χ4n) is 3.37. The number of nitrogens with zero attached hydrogens (tertiary/aromatic N) is 2. The minimum atomic E-state index is -3.51. The van der Waals surface area contributed by atoms with E-state index in [4.69, 9.17) is 11.6 Å². The number of hydrogen-bond acceptors (Lipinski definition) is 6. The topological polar surface area (TPSA) is 108 Å². The molecule has 8 nitrogen and oxygen atoms in total. The average molecular weight is 493 g/mol. The first kappa shape index (κ1) is 22.7. The molecular weight excluding hydrogens is 472 g/mol. The lowest BCUT2D eigenvalue weighted by atomic mass is 10.2. The summed E-state index contributed by atoms with van der Waals surface area (Å²) in [6.07, 6.45) is 1.82. The molecule has 2 N–H and O–H groups in total. The lowest BCUT2D eigenvalue weighted by molar-refractivity contribution is -0.116. The number of carbonyl (C=O) groups is 2. The first-order chi connectivity index (χ1) is 15.3. The summed E-state index contributed by atoms with van der Waals surface area (Å²) in [5.74, 6) is -0.591. The van der Waals surface area contributed by atoms with Gasteiger partial charge in [-0.1, -0.05) is 22.9 Å². The number of sulfonamides is 1. The number of halogens is 1. The molecule has 0 aliphatic carbocycles. The normalized spacial score (nSPS) is 14.5. The van der Waals surface area contributed by atoms with Gasteiger partial charge in [0.25, 0.3) is 5.91 Å². The van der Waals surface area contributed by atoms with Gasteiger partial charge in [0.2, 0.25) is 15.9 Å². The molecule has 1 saturated heterocycles. The van der Waals surface area contributed by atoms with Crippen LogP contribution in [0.3, 0.4) is 0 Å². The van der Waals surface area contributed by atoms with Crippen LogP contribution in [0.2, 0.25) is 5.02 Å². The van der Waals surface area contributed by atoms with E-state index < -0.39 is 10.0 Å². The Morgan fingerprint density at radius 1 is 1.09 bits per heavy atom. The van der Waals surface area contributed by atoms with Gasteiger partial charge in [-0.2, -0.15) is 4.31 Å². The van der Waals surface area contributed by atoms with Gasteiger partial charge in [-0.25, -0.2) is 13.4 Å². The molecular formula is C21H21ClN4O4S2. The van der Waals surface area contributed by atoms with Crippen molar-refractivity contribution in [2.75, 3.05) is 25.0 Å². The largest absolute Gasteiger partial charge is 0.352 e. The molecule has 1 aromatic heterocycles. The van der Waals surface area contributed by atoms with Crippen molar-refractivity contribution in [3.63, 3.8) is 0 Å². The predicted molar refractivity (Wildman–Crippen MR) is 125 cm³/mol. The second kappa shape index (κ2) is 9.53. The summed E-state index contributed by atoms with van der Waals surface area (Å²) in [5.41, 5.74) is 1.07. The van der Waals surface area contributed by atoms with Crippen LogP contribution in [-0.2, 0) is 14.8 Å². The maximum atomic E-state index is 12.8. The van der Waals surface area contributed by atoms with Crippen LogP contribution < -0.4 is 10.6 Å². The van der Waals surface area contributed by atoms with Crippen molar-refractivity contribution in [1.82, 2.24) is 14.6 Å². The third kappa shape index (κ3) is 5.09. The predicted octanol–water partition coefficient (Wildman–Crippen LogP) is 3.49. The maximum Gasteiger partial charge on any atom is 0.251 e. The van der Waals surface area contributed by atoms with E-state index >= 15 is 0 Å². The number of carbonyl (C=O) groups excluding carboxylic acids is 2. The molecule has 0 unspecified atom stereocenters. The Hall–Kier alpha value is -2.53. The minimum absolute atomic E-state index is 0.0733. The van der Waals surface area contributed by atoms with Crippen molar-refractivity contribution in [3.8, 4) is 0 Å². The fraction of sp³-hybridized carbons (Fsp3) is 0.286. The molecule has 0 saturated carbocycles. The number of anilines is 1. The zero-order valence-electron chi connectivity index (χ0n) is 17.0. The second-order valence-electron chi connectivity index (χ2n) is 7.32. The van der Waals surface area contributed by atoms with Gasteiger partial charge in [-0.3, -0.25) is 9.59 Å². The Labute approximate surface area is 194 Å². The molecule has 0 radical (unpaired) electrons. The molecule has 4 rings (SSSR count). The van der Waals surface area contributed by atoms with Gasteiger partial charge >= 0.3 is 0 Å². The summed E-state index contributed by atoms with van der Waals surface area (Å²) in [5, 5.41) is 6.31. The Bertz CT molecular complexity index is 1250. The number of benzene rings is 2. The Morgan fingerprint density at radius 2 is 1.81 bits per heavy atom. The summed E-state index contributed by atoms with van der Waals surface area (Å²) in [6.45, 7) is 1.24. The van der Waals surface area contributed by atoms with Crippen molar-refractivity contribution in [1.29, 1.82) is 0 Å². The Kier molecular flexibility index (Phi) is 6.75. The highest BCUT2D eigenvalue weighted by Crippen LogP contribution is 2.30. The molecule has 2 amide bonds. The number of hydrogen-bond donors (Lipinski definition) is 2. The van der Waals surface area contributed by atoms with Gasteiger partial charge in [-0.15, -0.1) is 0 Å². The number of rotatable bonds is 7. The van der Waals surface area contributed by atoms with Crippen LogP contribution in [0.5, 0.6) is 0 Å². The van der Waals surface area contributed by atoms with E-state index in [9.17, 15) is 18.0 Å². The van der Waals surface area contributed by atoms with Gasteiger partial charge in [-0.05, 0) is 55.3 Å². The number of nitrogens with one attached hydrogen (secondary N) is 2. The van der Waals surface area contributed by atoms with E-state index in [1.54, 1.807) is 42.5 Å². The van der Waals surface area contributed by atoms with Gasteiger partial charge < -0.3 is 10.6 Å². The van der Waals surface area contributed by atoms with Crippen LogP contribution >= 0.6 is 22.9 Å². The molecule has 1 fully saturated rings.